The first-order chi connectivity index (χ1) is 23.1. The second-order valence-corrected chi connectivity index (χ2v) is 18.5. The summed E-state index contributed by atoms with van der Waals surface area (Å²) in [7, 11) is 0. The Hall–Kier alpha value is -3.21. The van der Waals surface area contributed by atoms with Crippen LogP contribution in [0.1, 0.15) is 133 Å². The van der Waals surface area contributed by atoms with Crippen LogP contribution in [0, 0.1) is 44.3 Å². The molecule has 5 heteroatoms. The van der Waals surface area contributed by atoms with E-state index in [0.717, 1.165) is 63.4 Å². The first-order valence-corrected chi connectivity index (χ1v) is 18.8. The van der Waals surface area contributed by atoms with E-state index in [-0.39, 0.29) is 56.5 Å². The molecule has 262 valence electrons. The highest BCUT2D eigenvalue weighted by Crippen LogP contribution is 2.74. The van der Waals surface area contributed by atoms with E-state index < -0.39 is 0 Å². The molecule has 5 aliphatic carbocycles. The molecule has 7 rings (SSSR count). The van der Waals surface area contributed by atoms with Crippen molar-refractivity contribution in [3.63, 3.8) is 0 Å². The molecule has 49 heavy (non-hydrogen) atoms. The number of allylic oxidation sites excluding steroid dienone is 2. The van der Waals surface area contributed by atoms with Crippen molar-refractivity contribution in [2.45, 2.75) is 119 Å². The molecule has 0 radical (unpaired) electrons. The van der Waals surface area contributed by atoms with Gasteiger partial charge in [0.25, 0.3) is 0 Å². The number of ether oxygens (including phenoxy) is 2. The number of esters is 2. The molecule has 0 N–H and O–H groups in total. The van der Waals surface area contributed by atoms with Crippen molar-refractivity contribution in [3.05, 3.63) is 82.9 Å². The van der Waals surface area contributed by atoms with Gasteiger partial charge in [-0.2, -0.15) is 0 Å². The molecular weight excluding hydrogens is 608 g/mol. The van der Waals surface area contributed by atoms with E-state index in [1.54, 1.807) is 0 Å². The number of carbonyl (C=O) groups excluding carboxylic acids is 3. The number of Topliss-reactive ketones (excluding diaryl/α,β-unsaturated/α-hetero) is 1. The van der Waals surface area contributed by atoms with Crippen molar-refractivity contribution in [2.75, 3.05) is 6.61 Å². The average Bonchev–Trinajstić information content (AvgIpc) is 3.08. The Balaban J connectivity index is 1.16. The standard InChI is InChI=1S/C44H56O5/c1-39(2)33-26-32(45)36-31(42(33,5)20-19-35(39)49-38(47)30-16-12-9-13-17-30)18-21-43(6)34-27-40(3,22-23-41(34,4)24-25-44(36,43)7)28-48-37(46)29-14-10-8-11-15-29/h8-17,33-35H,18-28H2,1-7H3/t33-,34+,35+,40+,41+,42+,43-,44+/m0/s1. The second-order valence-electron chi connectivity index (χ2n) is 18.5. The van der Waals surface area contributed by atoms with E-state index in [9.17, 15) is 14.4 Å². The molecule has 8 atom stereocenters. The maximum atomic E-state index is 14.7. The molecule has 2 aromatic carbocycles. The Labute approximate surface area is 293 Å². The number of benzene rings is 2. The molecule has 0 unspecified atom stereocenters. The number of rotatable bonds is 5. The fourth-order valence-electron chi connectivity index (χ4n) is 12.0. The maximum Gasteiger partial charge on any atom is 0.338 e. The molecule has 2 aromatic rings. The average molecular weight is 665 g/mol. The van der Waals surface area contributed by atoms with Crippen molar-refractivity contribution >= 4 is 17.7 Å². The molecule has 0 heterocycles. The van der Waals surface area contributed by atoms with Crippen LogP contribution in [0.3, 0.4) is 0 Å². The lowest BCUT2D eigenvalue weighted by Gasteiger charge is -2.69. The summed E-state index contributed by atoms with van der Waals surface area (Å²) in [5.41, 5.74) is 3.20. The van der Waals surface area contributed by atoms with Crippen LogP contribution in [0.5, 0.6) is 0 Å². The van der Waals surface area contributed by atoms with Crippen LogP contribution < -0.4 is 0 Å². The highest BCUT2D eigenvalue weighted by molar-refractivity contribution is 5.99. The first-order valence-electron chi connectivity index (χ1n) is 18.8. The molecular formula is C44H56O5. The van der Waals surface area contributed by atoms with E-state index in [2.05, 4.69) is 48.5 Å². The molecule has 0 aliphatic heterocycles. The molecule has 5 aliphatic rings. The van der Waals surface area contributed by atoms with Gasteiger partial charge < -0.3 is 9.47 Å². The Morgan fingerprint density at radius 1 is 0.735 bits per heavy atom. The fourth-order valence-corrected chi connectivity index (χ4v) is 12.0. The number of fused-ring (bicyclic) bond motifs is 6. The maximum absolute atomic E-state index is 14.7. The van der Waals surface area contributed by atoms with Crippen molar-refractivity contribution in [3.8, 4) is 0 Å². The Morgan fingerprint density at radius 2 is 1.35 bits per heavy atom. The predicted octanol–water partition coefficient (Wildman–Crippen LogP) is 10.2. The first kappa shape index (κ1) is 34.2. The van der Waals surface area contributed by atoms with Gasteiger partial charge in [-0.3, -0.25) is 4.79 Å². The zero-order valence-corrected chi connectivity index (χ0v) is 30.8. The van der Waals surface area contributed by atoms with Crippen LogP contribution in [-0.4, -0.2) is 30.4 Å². The van der Waals surface area contributed by atoms with Gasteiger partial charge in [0.1, 0.15) is 6.10 Å². The molecule has 5 nitrogen and oxygen atoms in total. The number of hydrogen-bond donors (Lipinski definition) is 0. The van der Waals surface area contributed by atoms with Gasteiger partial charge in [-0.1, -0.05) is 90.4 Å². The van der Waals surface area contributed by atoms with Gasteiger partial charge >= 0.3 is 11.9 Å². The molecule has 0 spiro atoms. The molecule has 3 saturated carbocycles. The Morgan fingerprint density at radius 3 is 2.00 bits per heavy atom. The zero-order chi connectivity index (χ0) is 35.0. The number of carbonyl (C=O) groups is 3. The minimum Gasteiger partial charge on any atom is -0.462 e. The van der Waals surface area contributed by atoms with E-state index in [1.165, 1.54) is 5.57 Å². The molecule has 0 bridgehead atoms. The van der Waals surface area contributed by atoms with Crippen LogP contribution in [0.2, 0.25) is 0 Å². The van der Waals surface area contributed by atoms with Gasteiger partial charge in [0.15, 0.2) is 5.78 Å². The van der Waals surface area contributed by atoms with Gasteiger partial charge in [0, 0.05) is 28.2 Å². The van der Waals surface area contributed by atoms with Gasteiger partial charge in [-0.25, -0.2) is 9.59 Å². The van der Waals surface area contributed by atoms with Gasteiger partial charge in [0.2, 0.25) is 0 Å². The smallest absolute Gasteiger partial charge is 0.338 e. The van der Waals surface area contributed by atoms with E-state index in [0.29, 0.717) is 35.9 Å². The van der Waals surface area contributed by atoms with Crippen LogP contribution in [0.4, 0.5) is 0 Å². The SMILES string of the molecule is CC1(C)[C@H](OC(=O)c2ccccc2)CC[C@]2(C)C3=C(C(=O)C[C@@H]12)[C@@]1(C)CC[C@@]2(C)CC[C@@](C)(COC(=O)c4ccccc4)C[C@H]2[C@]1(C)CC3. The van der Waals surface area contributed by atoms with Crippen LogP contribution in [0.15, 0.2) is 71.8 Å². The fraction of sp³-hybridized carbons (Fsp3) is 0.614. The third-order valence-electron chi connectivity index (χ3n) is 15.4. The summed E-state index contributed by atoms with van der Waals surface area (Å²) in [4.78, 5) is 40.8. The van der Waals surface area contributed by atoms with Gasteiger partial charge in [-0.05, 0) is 110 Å². The summed E-state index contributed by atoms with van der Waals surface area (Å²) in [6.45, 7) is 17.1. The molecule has 0 amide bonds. The van der Waals surface area contributed by atoms with E-state index in [1.807, 2.05) is 60.7 Å². The summed E-state index contributed by atoms with van der Waals surface area (Å²) in [6.07, 6.45) is 9.40. The lowest BCUT2D eigenvalue weighted by Crippen LogP contribution is -2.63. The van der Waals surface area contributed by atoms with Crippen molar-refractivity contribution in [1.82, 2.24) is 0 Å². The highest BCUT2D eigenvalue weighted by atomic mass is 16.5. The van der Waals surface area contributed by atoms with Gasteiger partial charge in [-0.15, -0.1) is 0 Å². The lowest BCUT2D eigenvalue weighted by molar-refractivity contribution is -0.165. The number of ketones is 1. The second kappa shape index (κ2) is 11.7. The minimum absolute atomic E-state index is 0.0270. The van der Waals surface area contributed by atoms with E-state index >= 15 is 0 Å². The van der Waals surface area contributed by atoms with Crippen molar-refractivity contribution in [1.29, 1.82) is 0 Å². The topological polar surface area (TPSA) is 69.7 Å². The Bertz CT molecular complexity index is 1680. The van der Waals surface area contributed by atoms with Crippen molar-refractivity contribution in [2.24, 2.45) is 44.3 Å². The van der Waals surface area contributed by atoms with Crippen molar-refractivity contribution < 1.29 is 23.9 Å². The summed E-state index contributed by atoms with van der Waals surface area (Å²) in [5.74, 6) is 0.362. The molecule has 3 fully saturated rings. The third-order valence-corrected chi connectivity index (χ3v) is 15.4. The Kier molecular flexibility index (Phi) is 8.16. The third kappa shape index (κ3) is 5.27. The highest BCUT2D eigenvalue weighted by Gasteiger charge is 2.68. The predicted molar refractivity (Wildman–Crippen MR) is 192 cm³/mol. The monoisotopic (exact) mass is 664 g/mol. The summed E-state index contributed by atoms with van der Waals surface area (Å²) < 4.78 is 12.2. The summed E-state index contributed by atoms with van der Waals surface area (Å²) in [6, 6.07) is 18.6. The van der Waals surface area contributed by atoms with Crippen LogP contribution >= 0.6 is 0 Å². The largest absolute Gasteiger partial charge is 0.462 e. The summed E-state index contributed by atoms with van der Waals surface area (Å²) >= 11 is 0. The quantitative estimate of drug-likeness (QED) is 0.298. The van der Waals surface area contributed by atoms with E-state index in [4.69, 9.17) is 9.47 Å². The van der Waals surface area contributed by atoms with Gasteiger partial charge in [0.05, 0.1) is 17.7 Å². The normalized spacial score (nSPS) is 39.5. The van der Waals surface area contributed by atoms with Crippen LogP contribution in [-0.2, 0) is 14.3 Å². The minimum atomic E-state index is -0.333. The number of hydrogen-bond acceptors (Lipinski definition) is 5. The lowest BCUT2D eigenvalue weighted by atomic mass is 9.35. The molecule has 0 saturated heterocycles. The van der Waals surface area contributed by atoms with Crippen LogP contribution in [0.25, 0.3) is 0 Å². The molecule has 0 aromatic heterocycles. The summed E-state index contributed by atoms with van der Waals surface area (Å²) in [5, 5.41) is 0. The zero-order valence-electron chi connectivity index (χ0n) is 30.8.